The predicted molar refractivity (Wildman–Crippen MR) is 82.7 cm³/mol. The Labute approximate surface area is 141 Å². The third-order valence-corrected chi connectivity index (χ3v) is 3.38. The van der Waals surface area contributed by atoms with Gasteiger partial charge in [-0.15, -0.1) is 0 Å². The molecule has 1 amide bonds. The molecule has 0 bridgehead atoms. The van der Waals surface area contributed by atoms with E-state index >= 15 is 0 Å². The Hall–Kier alpha value is -2.74. The number of anilines is 1. The van der Waals surface area contributed by atoms with E-state index in [9.17, 15) is 18.0 Å². The van der Waals surface area contributed by atoms with Crippen molar-refractivity contribution in [2.24, 2.45) is 0 Å². The van der Waals surface area contributed by atoms with Gasteiger partial charge in [0.05, 0.1) is 6.61 Å². The molecule has 0 saturated heterocycles. The Balaban J connectivity index is 1.57. The van der Waals surface area contributed by atoms with Crippen LogP contribution in [0.2, 0.25) is 0 Å². The van der Waals surface area contributed by atoms with Gasteiger partial charge in [-0.1, -0.05) is 12.1 Å². The zero-order chi connectivity index (χ0) is 17.9. The highest BCUT2D eigenvalue weighted by Crippen LogP contribution is 2.34. The zero-order valence-electron chi connectivity index (χ0n) is 12.9. The molecule has 1 aliphatic heterocycles. The topological polar surface area (TPSA) is 56.8 Å². The molecule has 0 aliphatic carbocycles. The number of alkyl halides is 3. The summed E-state index contributed by atoms with van der Waals surface area (Å²) in [6.07, 6.45) is -4.36. The van der Waals surface area contributed by atoms with E-state index in [0.717, 1.165) is 0 Å². The second kappa shape index (κ2) is 7.02. The molecular formula is C17H14F3NO4. The normalized spacial score (nSPS) is 12.9. The highest BCUT2D eigenvalue weighted by Gasteiger charge is 2.27. The van der Waals surface area contributed by atoms with Crippen LogP contribution in [0.1, 0.15) is 15.9 Å². The van der Waals surface area contributed by atoms with Crippen LogP contribution in [0.15, 0.2) is 42.5 Å². The first-order valence-electron chi connectivity index (χ1n) is 7.35. The smallest absolute Gasteiger partial charge is 0.411 e. The van der Waals surface area contributed by atoms with E-state index in [1.807, 2.05) is 0 Å². The van der Waals surface area contributed by atoms with Gasteiger partial charge in [-0.05, 0) is 29.8 Å². The molecule has 3 rings (SSSR count). The highest BCUT2D eigenvalue weighted by atomic mass is 19.4. The van der Waals surface area contributed by atoms with Gasteiger partial charge < -0.3 is 19.5 Å². The van der Waals surface area contributed by atoms with Gasteiger partial charge in [0.1, 0.15) is 6.61 Å². The molecular weight excluding hydrogens is 339 g/mol. The van der Waals surface area contributed by atoms with Crippen molar-refractivity contribution >= 4 is 11.6 Å². The van der Waals surface area contributed by atoms with Crippen LogP contribution in [-0.2, 0) is 11.3 Å². The zero-order valence-corrected chi connectivity index (χ0v) is 12.9. The van der Waals surface area contributed by atoms with E-state index in [1.54, 1.807) is 30.3 Å². The first kappa shape index (κ1) is 17.1. The van der Waals surface area contributed by atoms with Gasteiger partial charge in [0, 0.05) is 17.3 Å². The van der Waals surface area contributed by atoms with Crippen LogP contribution in [0, 0.1) is 0 Å². The molecule has 0 atom stereocenters. The van der Waals surface area contributed by atoms with Gasteiger partial charge in [0.15, 0.2) is 11.5 Å². The van der Waals surface area contributed by atoms with Gasteiger partial charge in [-0.2, -0.15) is 13.2 Å². The monoisotopic (exact) mass is 353 g/mol. The molecule has 2 aromatic carbocycles. The quantitative estimate of drug-likeness (QED) is 0.890. The summed E-state index contributed by atoms with van der Waals surface area (Å²) in [6.45, 7) is -1.34. The summed E-state index contributed by atoms with van der Waals surface area (Å²) in [6, 6.07) is 11.2. The largest absolute Gasteiger partial charge is 0.454 e. The molecule has 0 radical (unpaired) electrons. The fourth-order valence-corrected chi connectivity index (χ4v) is 2.21. The fourth-order valence-electron chi connectivity index (χ4n) is 2.21. The SMILES string of the molecule is O=C(Nc1ccc2c(c1)OCO2)c1ccc(COCC(F)(F)F)cc1. The Morgan fingerprint density at radius 2 is 1.80 bits per heavy atom. The number of halogens is 3. The average Bonchev–Trinajstić information content (AvgIpc) is 3.02. The summed E-state index contributed by atoms with van der Waals surface area (Å²) < 4.78 is 51.1. The molecule has 1 heterocycles. The Morgan fingerprint density at radius 3 is 2.52 bits per heavy atom. The molecule has 8 heteroatoms. The Bertz CT molecular complexity index is 759. The molecule has 1 aliphatic rings. The lowest BCUT2D eigenvalue weighted by Gasteiger charge is -2.09. The molecule has 1 N–H and O–H groups in total. The number of amides is 1. The minimum Gasteiger partial charge on any atom is -0.454 e. The summed E-state index contributed by atoms with van der Waals surface area (Å²) >= 11 is 0. The van der Waals surface area contributed by atoms with Crippen LogP contribution in [0.5, 0.6) is 11.5 Å². The van der Waals surface area contributed by atoms with Crippen LogP contribution < -0.4 is 14.8 Å². The number of fused-ring (bicyclic) bond motifs is 1. The first-order valence-corrected chi connectivity index (χ1v) is 7.35. The van der Waals surface area contributed by atoms with Gasteiger partial charge in [0.2, 0.25) is 6.79 Å². The molecule has 132 valence electrons. The molecule has 0 aromatic heterocycles. The molecule has 0 saturated carbocycles. The molecule has 0 spiro atoms. The van der Waals surface area contributed by atoms with Crippen LogP contribution >= 0.6 is 0 Å². The maximum atomic E-state index is 12.2. The summed E-state index contributed by atoms with van der Waals surface area (Å²) in [5.74, 6) is 0.817. The number of benzene rings is 2. The van der Waals surface area contributed by atoms with E-state index < -0.39 is 12.8 Å². The van der Waals surface area contributed by atoms with E-state index in [-0.39, 0.29) is 19.3 Å². The van der Waals surface area contributed by atoms with Crippen molar-refractivity contribution in [2.45, 2.75) is 12.8 Å². The van der Waals surface area contributed by atoms with Crippen molar-refractivity contribution in [1.82, 2.24) is 0 Å². The number of carbonyl (C=O) groups excluding carboxylic acids is 1. The van der Waals surface area contributed by atoms with Crippen molar-refractivity contribution < 1.29 is 32.2 Å². The van der Waals surface area contributed by atoms with Crippen molar-refractivity contribution in [2.75, 3.05) is 18.7 Å². The van der Waals surface area contributed by atoms with Crippen molar-refractivity contribution in [3.8, 4) is 11.5 Å². The van der Waals surface area contributed by atoms with E-state index in [1.165, 1.54) is 12.1 Å². The van der Waals surface area contributed by atoms with Gasteiger partial charge in [-0.3, -0.25) is 4.79 Å². The lowest BCUT2D eigenvalue weighted by molar-refractivity contribution is -0.176. The standard InChI is InChI=1S/C17H14F3NO4/c18-17(19,20)9-23-8-11-1-3-12(4-2-11)16(22)21-13-5-6-14-15(7-13)25-10-24-14/h1-7H,8-10H2,(H,21,22). The number of hydrogen-bond acceptors (Lipinski definition) is 4. The third kappa shape index (κ3) is 4.63. The van der Waals surface area contributed by atoms with Gasteiger partial charge >= 0.3 is 6.18 Å². The van der Waals surface area contributed by atoms with E-state index in [0.29, 0.717) is 28.3 Å². The van der Waals surface area contributed by atoms with Crippen molar-refractivity contribution in [3.63, 3.8) is 0 Å². The maximum absolute atomic E-state index is 12.2. The lowest BCUT2D eigenvalue weighted by atomic mass is 10.1. The van der Waals surface area contributed by atoms with Crippen LogP contribution in [0.25, 0.3) is 0 Å². The number of rotatable bonds is 5. The first-order chi connectivity index (χ1) is 11.9. The number of nitrogens with one attached hydrogen (secondary N) is 1. The van der Waals surface area contributed by atoms with Crippen LogP contribution in [0.3, 0.4) is 0 Å². The number of hydrogen-bond donors (Lipinski definition) is 1. The number of carbonyl (C=O) groups is 1. The highest BCUT2D eigenvalue weighted by molar-refractivity contribution is 6.04. The summed E-state index contributed by atoms with van der Waals surface area (Å²) in [5.41, 5.74) is 1.47. The third-order valence-electron chi connectivity index (χ3n) is 3.38. The van der Waals surface area contributed by atoms with E-state index in [2.05, 4.69) is 10.1 Å². The molecule has 0 fully saturated rings. The van der Waals surface area contributed by atoms with Crippen LogP contribution in [-0.4, -0.2) is 25.5 Å². The second-order valence-corrected chi connectivity index (χ2v) is 5.33. The van der Waals surface area contributed by atoms with E-state index in [4.69, 9.17) is 9.47 Å². The van der Waals surface area contributed by atoms with Crippen LogP contribution in [0.4, 0.5) is 18.9 Å². The summed E-state index contributed by atoms with van der Waals surface area (Å²) in [5, 5.41) is 2.72. The molecule has 5 nitrogen and oxygen atoms in total. The molecule has 2 aromatic rings. The van der Waals surface area contributed by atoms with Crippen molar-refractivity contribution in [1.29, 1.82) is 0 Å². The molecule has 0 unspecified atom stereocenters. The Morgan fingerprint density at radius 1 is 1.08 bits per heavy atom. The summed E-state index contributed by atoms with van der Waals surface area (Å²) in [4.78, 5) is 12.2. The number of ether oxygens (including phenoxy) is 3. The minimum absolute atomic E-state index is 0.143. The predicted octanol–water partition coefficient (Wildman–Crippen LogP) is 3.75. The maximum Gasteiger partial charge on any atom is 0.411 e. The lowest BCUT2D eigenvalue weighted by Crippen LogP contribution is -2.16. The fraction of sp³-hybridized carbons (Fsp3) is 0.235. The van der Waals surface area contributed by atoms with Gasteiger partial charge in [0.25, 0.3) is 5.91 Å². The minimum atomic E-state index is -4.36. The molecule has 25 heavy (non-hydrogen) atoms. The average molecular weight is 353 g/mol. The van der Waals surface area contributed by atoms with Gasteiger partial charge in [-0.25, -0.2) is 0 Å². The Kier molecular flexibility index (Phi) is 4.80. The second-order valence-electron chi connectivity index (χ2n) is 5.33. The summed E-state index contributed by atoms with van der Waals surface area (Å²) in [7, 11) is 0. The van der Waals surface area contributed by atoms with Crippen molar-refractivity contribution in [3.05, 3.63) is 53.6 Å².